The Kier molecular flexibility index (Phi) is 29.2. The van der Waals surface area contributed by atoms with E-state index in [4.69, 9.17) is 31.3 Å². The van der Waals surface area contributed by atoms with Gasteiger partial charge in [0.15, 0.2) is 11.6 Å². The van der Waals surface area contributed by atoms with Crippen molar-refractivity contribution < 1.29 is 33.7 Å². The molecule has 63 heavy (non-hydrogen) atoms. The molecule has 1 atom stereocenters. The standard InChI is InChI=1S/C26H27ClO.C15H18.C8H9FO.C4H8O2.C2H4O2/c1-2-21-12-10-11-16-25(19-24(27)18-21)28-20-23-15-8-5-9-17-26(23)22-13-6-3-4-7-14-22;1-4-10-15(13(3)5-2)14-11-8-6-7-9-12-14;1-2-6-3-4-8(10)7(9)5-6;1-3-4(5)6-2;1-2(3)4/h3-6,8-11,13-15,18-19,24H,2,7,12,16,20H2,1H3;4-11H,1,12H2,2-3H3;3-5,10H,2H2,1H3;3H2,1-2H3;1H3,(H,3,4)/b11-10?,21-18-,25-19?;13-5-,15-10+;;;. The van der Waals surface area contributed by atoms with Crippen molar-refractivity contribution in [3.63, 3.8) is 0 Å². The largest absolute Gasteiger partial charge is 0.505 e. The first-order valence-corrected chi connectivity index (χ1v) is 21.7. The van der Waals surface area contributed by atoms with E-state index in [0.29, 0.717) is 13.0 Å². The quantitative estimate of drug-likeness (QED) is 0.0800. The van der Waals surface area contributed by atoms with E-state index in [2.05, 4.69) is 135 Å². The third-order valence-corrected chi connectivity index (χ3v) is 9.48. The van der Waals surface area contributed by atoms with E-state index >= 15 is 0 Å². The van der Waals surface area contributed by atoms with Gasteiger partial charge in [0.2, 0.25) is 0 Å². The van der Waals surface area contributed by atoms with Crippen LogP contribution in [0, 0.1) is 5.82 Å². The van der Waals surface area contributed by atoms with Gasteiger partial charge in [-0.15, -0.1) is 17.3 Å². The van der Waals surface area contributed by atoms with E-state index in [1.165, 1.54) is 47.1 Å². The fourth-order valence-corrected chi connectivity index (χ4v) is 6.03. The van der Waals surface area contributed by atoms with Crippen molar-refractivity contribution in [2.24, 2.45) is 0 Å². The number of rotatable bonds is 10. The molecule has 1 unspecified atom stereocenters. The number of esters is 1. The average Bonchev–Trinajstić information content (AvgIpc) is 3.80. The third-order valence-electron chi connectivity index (χ3n) is 9.23. The molecule has 4 aliphatic carbocycles. The smallest absolute Gasteiger partial charge is 0.305 e. The molecule has 8 heteroatoms. The maximum absolute atomic E-state index is 12.5. The van der Waals surface area contributed by atoms with Crippen LogP contribution in [0.15, 0.2) is 203 Å². The molecular weight excluding hydrogens is 811 g/mol. The lowest BCUT2D eigenvalue weighted by atomic mass is 9.95. The molecule has 0 saturated carbocycles. The van der Waals surface area contributed by atoms with Crippen molar-refractivity contribution in [1.82, 2.24) is 0 Å². The highest BCUT2D eigenvalue weighted by Crippen LogP contribution is 2.27. The summed E-state index contributed by atoms with van der Waals surface area (Å²) in [5.41, 5.74) is 13.0. The van der Waals surface area contributed by atoms with Gasteiger partial charge in [-0.25, -0.2) is 4.39 Å². The number of carbonyl (C=O) groups excluding carboxylic acids is 1. The first-order valence-electron chi connectivity index (χ1n) is 21.2. The summed E-state index contributed by atoms with van der Waals surface area (Å²) in [6.07, 6.45) is 49.8. The predicted molar refractivity (Wildman–Crippen MR) is 262 cm³/mol. The highest BCUT2D eigenvalue weighted by Gasteiger charge is 2.13. The lowest BCUT2D eigenvalue weighted by Crippen LogP contribution is -2.04. The lowest BCUT2D eigenvalue weighted by Gasteiger charge is -2.15. The van der Waals surface area contributed by atoms with Gasteiger partial charge in [-0.1, -0.05) is 154 Å². The number of allylic oxidation sites excluding steroid dienone is 25. The number of aromatic hydroxyl groups is 1. The number of carboxylic acid groups (broad SMARTS) is 1. The Balaban J connectivity index is 0.000000472. The normalized spacial score (nSPS) is 17.4. The number of phenols is 1. The van der Waals surface area contributed by atoms with Crippen molar-refractivity contribution in [2.75, 3.05) is 13.7 Å². The summed E-state index contributed by atoms with van der Waals surface area (Å²) in [5, 5.41) is 16.0. The number of hydrogen-bond acceptors (Lipinski definition) is 5. The molecule has 0 radical (unpaired) electrons. The molecule has 336 valence electrons. The Morgan fingerprint density at radius 1 is 0.937 bits per heavy atom. The second-order valence-electron chi connectivity index (χ2n) is 14.0. The Morgan fingerprint density at radius 3 is 2.29 bits per heavy atom. The number of hydrogen-bond donors (Lipinski definition) is 2. The van der Waals surface area contributed by atoms with Crippen LogP contribution in [0.5, 0.6) is 5.75 Å². The fourth-order valence-electron chi connectivity index (χ4n) is 5.71. The molecule has 0 aromatic heterocycles. The van der Waals surface area contributed by atoms with Gasteiger partial charge < -0.3 is 19.7 Å². The van der Waals surface area contributed by atoms with Gasteiger partial charge in [0, 0.05) is 30.9 Å². The lowest BCUT2D eigenvalue weighted by molar-refractivity contribution is -0.140. The average molecular weight is 878 g/mol. The molecule has 5 rings (SSSR count). The number of phenolic OH excluding ortho intramolecular Hbond substituents is 1. The van der Waals surface area contributed by atoms with Crippen LogP contribution in [0.4, 0.5) is 4.39 Å². The summed E-state index contributed by atoms with van der Waals surface area (Å²) in [7, 11) is 1.38. The van der Waals surface area contributed by atoms with E-state index in [1.807, 2.05) is 37.3 Å². The van der Waals surface area contributed by atoms with Gasteiger partial charge in [0.05, 0.1) is 18.2 Å². The van der Waals surface area contributed by atoms with E-state index < -0.39 is 11.8 Å². The van der Waals surface area contributed by atoms with Crippen LogP contribution in [-0.2, 0) is 25.5 Å². The number of carboxylic acids is 1. The monoisotopic (exact) mass is 876 g/mol. The molecule has 2 N–H and O–H groups in total. The maximum atomic E-state index is 12.5. The van der Waals surface area contributed by atoms with Crippen LogP contribution < -0.4 is 0 Å². The summed E-state index contributed by atoms with van der Waals surface area (Å²) < 4.78 is 23.0. The Bertz CT molecular complexity index is 2120. The van der Waals surface area contributed by atoms with Gasteiger partial charge in [0.1, 0.15) is 6.61 Å². The van der Waals surface area contributed by atoms with E-state index in [1.54, 1.807) is 13.0 Å². The summed E-state index contributed by atoms with van der Waals surface area (Å²) in [4.78, 5) is 19.0. The van der Waals surface area contributed by atoms with Crippen molar-refractivity contribution >= 4 is 23.5 Å². The molecule has 0 aliphatic heterocycles. The third kappa shape index (κ3) is 24.2. The van der Waals surface area contributed by atoms with Crippen LogP contribution in [-0.4, -0.2) is 41.2 Å². The van der Waals surface area contributed by atoms with Gasteiger partial charge in [-0.05, 0) is 98.1 Å². The minimum absolute atomic E-state index is 0.138. The molecule has 0 saturated heterocycles. The van der Waals surface area contributed by atoms with Gasteiger partial charge in [-0.3, -0.25) is 9.59 Å². The molecule has 0 fully saturated rings. The van der Waals surface area contributed by atoms with Crippen molar-refractivity contribution in [2.45, 2.75) is 91.9 Å². The van der Waals surface area contributed by atoms with Gasteiger partial charge in [0.25, 0.3) is 5.97 Å². The van der Waals surface area contributed by atoms with Gasteiger partial charge >= 0.3 is 5.97 Å². The van der Waals surface area contributed by atoms with Crippen LogP contribution in [0.2, 0.25) is 0 Å². The zero-order valence-electron chi connectivity index (χ0n) is 38.1. The Hall–Kier alpha value is -6.14. The molecule has 1 aromatic carbocycles. The highest BCUT2D eigenvalue weighted by atomic mass is 35.5. The molecule has 6 nitrogen and oxygen atoms in total. The predicted octanol–water partition coefficient (Wildman–Crippen LogP) is 14.5. The Labute approximate surface area is 381 Å². The number of alkyl halides is 1. The van der Waals surface area contributed by atoms with Crippen molar-refractivity contribution in [3.8, 4) is 5.75 Å². The minimum Gasteiger partial charge on any atom is -0.505 e. The summed E-state index contributed by atoms with van der Waals surface area (Å²) in [6, 6.07) is 4.42. The number of carbonyl (C=O) groups is 2. The van der Waals surface area contributed by atoms with Crippen LogP contribution >= 0.6 is 11.6 Å². The molecule has 0 amide bonds. The topological polar surface area (TPSA) is 93.1 Å². The van der Waals surface area contributed by atoms with Crippen molar-refractivity contribution in [1.29, 1.82) is 0 Å². The number of methoxy groups -OCH3 is 1. The second-order valence-corrected chi connectivity index (χ2v) is 14.5. The summed E-state index contributed by atoms with van der Waals surface area (Å²) in [5.74, 6) is -0.902. The van der Waals surface area contributed by atoms with Gasteiger partial charge in [-0.2, -0.15) is 0 Å². The van der Waals surface area contributed by atoms with Crippen LogP contribution in [0.3, 0.4) is 0 Å². The number of halogens is 2. The first kappa shape index (κ1) is 54.9. The molecule has 1 aromatic rings. The van der Waals surface area contributed by atoms with Crippen LogP contribution in [0.25, 0.3) is 0 Å². The number of aryl methyl sites for hydroxylation is 1. The van der Waals surface area contributed by atoms with E-state index in [-0.39, 0.29) is 17.1 Å². The number of benzene rings is 1. The molecular formula is C55H66ClFO6. The first-order chi connectivity index (χ1) is 30.3. The van der Waals surface area contributed by atoms with Crippen molar-refractivity contribution in [3.05, 3.63) is 214 Å². The highest BCUT2D eigenvalue weighted by molar-refractivity contribution is 6.23. The fraction of sp³-hybridized carbons (Fsp3) is 0.291. The molecule has 0 heterocycles. The van der Waals surface area contributed by atoms with E-state index in [9.17, 15) is 9.18 Å². The van der Waals surface area contributed by atoms with Crippen LogP contribution in [0.1, 0.15) is 85.6 Å². The SMILES string of the molecule is C=C/C=C(C1=CC=CC=CC1)\C(C)=C/C.CC(=O)O.CC/C1=C/C(Cl)C=C(OCC2=CC=CC=C=C2C2=CCC=CC=C2)CC=CC1.CCC(=O)OC.CCc1ccc(O)c(F)c1. The molecule has 4 aliphatic rings. The zero-order chi connectivity index (χ0) is 46.8. The Morgan fingerprint density at radius 2 is 1.65 bits per heavy atom. The summed E-state index contributed by atoms with van der Waals surface area (Å²) in [6.45, 7) is 15.4. The molecule has 0 spiro atoms. The maximum Gasteiger partial charge on any atom is 0.305 e. The number of ether oxygens (including phenoxy) is 2. The second kappa shape index (κ2) is 33.5. The minimum atomic E-state index is -0.833. The van der Waals surface area contributed by atoms with E-state index in [0.717, 1.165) is 67.9 Å². The zero-order valence-corrected chi connectivity index (χ0v) is 38.8. The number of aliphatic carboxylic acids is 1. The molecule has 0 bridgehead atoms. The summed E-state index contributed by atoms with van der Waals surface area (Å²) >= 11 is 6.52.